The molecule has 0 aromatic carbocycles. The van der Waals surface area contributed by atoms with E-state index in [9.17, 15) is 9.59 Å². The Bertz CT molecular complexity index is 215. The molecule has 1 aliphatic heterocycles. The first-order valence-corrected chi connectivity index (χ1v) is 4.20. The van der Waals surface area contributed by atoms with Gasteiger partial charge >= 0.3 is 5.97 Å². The van der Waals surface area contributed by atoms with E-state index in [1.807, 2.05) is 0 Å². The summed E-state index contributed by atoms with van der Waals surface area (Å²) in [5.74, 6) is -1.38. The molecule has 82 valence electrons. The van der Waals surface area contributed by atoms with Gasteiger partial charge in [0.1, 0.15) is 11.8 Å². The van der Waals surface area contributed by atoms with Crippen LogP contribution in [0.2, 0.25) is 0 Å². The summed E-state index contributed by atoms with van der Waals surface area (Å²) in [6.45, 7) is 0.990. The Morgan fingerprint density at radius 2 is 2.21 bits per heavy atom. The minimum absolute atomic E-state index is 0. The number of hydrogen-bond acceptors (Lipinski definition) is 4. The number of hydrogen-bond donors (Lipinski definition) is 2. The number of ether oxygens (including phenoxy) is 1. The molecule has 0 aromatic rings. The quantitative estimate of drug-likeness (QED) is 0.690. The average molecular weight is 224 g/mol. The van der Waals surface area contributed by atoms with Crippen molar-refractivity contribution in [2.75, 3.05) is 13.2 Å². The Morgan fingerprint density at radius 3 is 2.64 bits per heavy atom. The van der Waals surface area contributed by atoms with Gasteiger partial charge in [0.25, 0.3) is 0 Å². The topological polar surface area (TPSA) is 89.6 Å². The van der Waals surface area contributed by atoms with Gasteiger partial charge in [0.05, 0.1) is 6.61 Å². The van der Waals surface area contributed by atoms with Crippen molar-refractivity contribution in [2.24, 2.45) is 11.7 Å². The summed E-state index contributed by atoms with van der Waals surface area (Å²) < 4.78 is 5.01. The fourth-order valence-corrected chi connectivity index (χ4v) is 1.26. The lowest BCUT2D eigenvalue weighted by molar-refractivity contribution is -0.140. The lowest BCUT2D eigenvalue weighted by Crippen LogP contribution is -2.34. The van der Waals surface area contributed by atoms with Crippen LogP contribution in [0.1, 0.15) is 12.8 Å². The summed E-state index contributed by atoms with van der Waals surface area (Å²) in [6.07, 6.45) is 0.592. The molecule has 2 atom stereocenters. The van der Waals surface area contributed by atoms with Gasteiger partial charge in [-0.1, -0.05) is 0 Å². The maximum absolute atomic E-state index is 11.3. The summed E-state index contributed by atoms with van der Waals surface area (Å²) in [5.41, 5.74) is 5.22. The molecule has 0 radical (unpaired) electrons. The van der Waals surface area contributed by atoms with Crippen molar-refractivity contribution >= 4 is 24.2 Å². The second kappa shape index (κ2) is 5.95. The summed E-state index contributed by atoms with van der Waals surface area (Å²) in [5, 5.41) is 8.47. The van der Waals surface area contributed by atoms with Crippen molar-refractivity contribution in [1.82, 2.24) is 0 Å². The van der Waals surface area contributed by atoms with Crippen LogP contribution in [0.15, 0.2) is 0 Å². The largest absolute Gasteiger partial charge is 0.480 e. The van der Waals surface area contributed by atoms with Crippen LogP contribution in [0.5, 0.6) is 0 Å². The van der Waals surface area contributed by atoms with Crippen LogP contribution in [-0.4, -0.2) is 36.1 Å². The Kier molecular flexibility index (Phi) is 5.68. The molecular weight excluding hydrogens is 210 g/mol. The molecular formula is C8H14ClNO4. The first kappa shape index (κ1) is 13.4. The molecule has 1 aliphatic rings. The Balaban J connectivity index is 0.00000169. The number of Topliss-reactive ketones (excluding diaryl/α,β-unsaturated/α-hetero) is 1. The van der Waals surface area contributed by atoms with Crippen molar-refractivity contribution < 1.29 is 19.4 Å². The predicted molar refractivity (Wildman–Crippen MR) is 51.4 cm³/mol. The van der Waals surface area contributed by atoms with Gasteiger partial charge in [-0.15, -0.1) is 12.4 Å². The molecule has 1 fully saturated rings. The first-order valence-electron chi connectivity index (χ1n) is 4.20. The van der Waals surface area contributed by atoms with Gasteiger partial charge in [0.2, 0.25) is 0 Å². The van der Waals surface area contributed by atoms with Crippen molar-refractivity contribution in [3.8, 4) is 0 Å². The Hall–Kier alpha value is -0.650. The molecule has 0 bridgehead atoms. The molecule has 1 rings (SSSR count). The van der Waals surface area contributed by atoms with E-state index < -0.39 is 12.0 Å². The second-order valence-corrected chi connectivity index (χ2v) is 3.18. The molecule has 2 unspecified atom stereocenters. The van der Waals surface area contributed by atoms with Gasteiger partial charge in [-0.3, -0.25) is 9.59 Å². The average Bonchev–Trinajstić information content (AvgIpc) is 2.55. The third-order valence-corrected chi connectivity index (χ3v) is 2.12. The van der Waals surface area contributed by atoms with Gasteiger partial charge in [0.15, 0.2) is 0 Å². The van der Waals surface area contributed by atoms with Crippen LogP contribution in [-0.2, 0) is 14.3 Å². The highest BCUT2D eigenvalue weighted by Crippen LogP contribution is 2.15. The minimum Gasteiger partial charge on any atom is -0.480 e. The molecule has 3 N–H and O–H groups in total. The van der Waals surface area contributed by atoms with E-state index in [2.05, 4.69) is 0 Å². The first-order chi connectivity index (χ1) is 6.11. The van der Waals surface area contributed by atoms with E-state index in [1.165, 1.54) is 0 Å². The van der Waals surface area contributed by atoms with E-state index in [-0.39, 0.29) is 30.5 Å². The van der Waals surface area contributed by atoms with E-state index in [1.54, 1.807) is 0 Å². The number of carboxylic acids is 1. The standard InChI is InChI=1S/C8H13NO4.ClH/c9-6(8(11)12)3-7(10)5-1-2-13-4-5;/h5-6H,1-4,9H2,(H,11,12);1H. The maximum Gasteiger partial charge on any atom is 0.320 e. The molecule has 0 amide bonds. The smallest absolute Gasteiger partial charge is 0.320 e. The minimum atomic E-state index is -1.13. The highest BCUT2D eigenvalue weighted by Gasteiger charge is 2.26. The molecule has 0 aliphatic carbocycles. The zero-order valence-corrected chi connectivity index (χ0v) is 8.46. The third kappa shape index (κ3) is 3.61. The van der Waals surface area contributed by atoms with E-state index in [4.69, 9.17) is 15.6 Å². The Morgan fingerprint density at radius 1 is 1.57 bits per heavy atom. The van der Waals surface area contributed by atoms with E-state index in [0.717, 1.165) is 0 Å². The van der Waals surface area contributed by atoms with Gasteiger partial charge in [-0.2, -0.15) is 0 Å². The van der Waals surface area contributed by atoms with Gasteiger partial charge < -0.3 is 15.6 Å². The second-order valence-electron chi connectivity index (χ2n) is 3.18. The molecule has 6 heteroatoms. The van der Waals surface area contributed by atoms with Crippen molar-refractivity contribution in [2.45, 2.75) is 18.9 Å². The van der Waals surface area contributed by atoms with E-state index >= 15 is 0 Å². The number of ketones is 1. The monoisotopic (exact) mass is 223 g/mol. The van der Waals surface area contributed by atoms with Crippen LogP contribution >= 0.6 is 12.4 Å². The zero-order valence-electron chi connectivity index (χ0n) is 7.64. The molecule has 5 nitrogen and oxygen atoms in total. The molecule has 14 heavy (non-hydrogen) atoms. The number of halogens is 1. The zero-order chi connectivity index (χ0) is 9.84. The normalized spacial score (nSPS) is 22.5. The number of carbonyl (C=O) groups is 2. The number of nitrogens with two attached hydrogens (primary N) is 1. The predicted octanol–water partition coefficient (Wildman–Crippen LogP) is -0.184. The van der Waals surface area contributed by atoms with Crippen LogP contribution in [0.4, 0.5) is 0 Å². The van der Waals surface area contributed by atoms with Gasteiger partial charge in [0, 0.05) is 18.9 Å². The number of carboxylic acid groups (broad SMARTS) is 1. The van der Waals surface area contributed by atoms with Crippen LogP contribution < -0.4 is 5.73 Å². The molecule has 0 saturated carbocycles. The SMILES string of the molecule is Cl.NC(CC(=O)C1CCOC1)C(=O)O. The third-order valence-electron chi connectivity index (χ3n) is 2.12. The lowest BCUT2D eigenvalue weighted by Gasteiger charge is -2.08. The molecule has 1 heterocycles. The summed E-state index contributed by atoms with van der Waals surface area (Å²) in [6, 6.07) is -1.08. The van der Waals surface area contributed by atoms with Crippen LogP contribution in [0.3, 0.4) is 0 Å². The highest BCUT2D eigenvalue weighted by molar-refractivity contribution is 5.87. The lowest BCUT2D eigenvalue weighted by atomic mass is 9.98. The Labute approximate surface area is 88.0 Å². The summed E-state index contributed by atoms with van der Waals surface area (Å²) >= 11 is 0. The van der Waals surface area contributed by atoms with Crippen LogP contribution in [0.25, 0.3) is 0 Å². The highest BCUT2D eigenvalue weighted by atomic mass is 35.5. The van der Waals surface area contributed by atoms with Crippen molar-refractivity contribution in [1.29, 1.82) is 0 Å². The fraction of sp³-hybridized carbons (Fsp3) is 0.750. The number of aliphatic carboxylic acids is 1. The molecule has 0 spiro atoms. The molecule has 1 saturated heterocycles. The molecule has 0 aromatic heterocycles. The van der Waals surface area contributed by atoms with Gasteiger partial charge in [-0.25, -0.2) is 0 Å². The van der Waals surface area contributed by atoms with Crippen molar-refractivity contribution in [3.63, 3.8) is 0 Å². The summed E-state index contributed by atoms with van der Waals surface area (Å²) in [4.78, 5) is 21.7. The number of carbonyl (C=O) groups excluding carboxylic acids is 1. The number of rotatable bonds is 4. The fourth-order valence-electron chi connectivity index (χ4n) is 1.26. The van der Waals surface area contributed by atoms with E-state index in [0.29, 0.717) is 19.6 Å². The van der Waals surface area contributed by atoms with Crippen molar-refractivity contribution in [3.05, 3.63) is 0 Å². The van der Waals surface area contributed by atoms with Gasteiger partial charge in [-0.05, 0) is 6.42 Å². The summed E-state index contributed by atoms with van der Waals surface area (Å²) in [7, 11) is 0. The maximum atomic E-state index is 11.3. The van der Waals surface area contributed by atoms with Crippen LogP contribution in [0, 0.1) is 5.92 Å².